The first-order valence-corrected chi connectivity index (χ1v) is 9.99. The number of anilines is 1. The van der Waals surface area contributed by atoms with E-state index in [9.17, 15) is 4.79 Å². The molecule has 0 saturated heterocycles. The quantitative estimate of drug-likeness (QED) is 0.505. The molecule has 1 aliphatic rings. The molecule has 0 saturated carbocycles. The zero-order chi connectivity index (χ0) is 19.5. The Morgan fingerprint density at radius 1 is 0.929 bits per heavy atom. The van der Waals surface area contributed by atoms with Gasteiger partial charge in [-0.25, -0.2) is 0 Å². The lowest BCUT2D eigenvalue weighted by Crippen LogP contribution is -2.14. The van der Waals surface area contributed by atoms with Gasteiger partial charge in [-0.1, -0.05) is 71.8 Å². The van der Waals surface area contributed by atoms with Gasteiger partial charge in [-0.15, -0.1) is 0 Å². The molecule has 4 heteroatoms. The number of hydrogen-bond acceptors (Lipinski definition) is 1. The van der Waals surface area contributed by atoms with Crippen LogP contribution in [0.15, 0.2) is 66.7 Å². The van der Waals surface area contributed by atoms with Gasteiger partial charge >= 0.3 is 0 Å². The van der Waals surface area contributed by atoms with E-state index in [1.165, 1.54) is 16.7 Å². The second kappa shape index (κ2) is 8.22. The van der Waals surface area contributed by atoms with E-state index in [4.69, 9.17) is 23.2 Å². The lowest BCUT2D eigenvalue weighted by atomic mass is 9.90. The normalized spacial score (nSPS) is 12.5. The zero-order valence-electron chi connectivity index (χ0n) is 15.2. The van der Waals surface area contributed by atoms with E-state index in [1.54, 1.807) is 18.2 Å². The van der Waals surface area contributed by atoms with Crippen LogP contribution in [-0.4, -0.2) is 5.91 Å². The third-order valence-electron chi connectivity index (χ3n) is 4.94. The van der Waals surface area contributed by atoms with E-state index in [0.717, 1.165) is 24.1 Å². The van der Waals surface area contributed by atoms with Crippen LogP contribution < -0.4 is 5.32 Å². The standard InChI is InChI=1S/C24H19Cl2NO/c25-22-9-4-10-23(26)21(22)15-24(28)27-18-13-11-17(12-14-18)20-8-3-6-16-5-1-2-7-19(16)20/h2-4,6-14H,1,5,15H2,(H,27,28). The SMILES string of the molecule is O=C(Cc1c(Cl)cccc1Cl)Nc1ccc(-c2cccc3c2C=CCC3)cc1. The van der Waals surface area contributed by atoms with E-state index < -0.39 is 0 Å². The first kappa shape index (κ1) is 18.8. The Bertz CT molecular complexity index is 1030. The van der Waals surface area contributed by atoms with Crippen molar-refractivity contribution in [2.24, 2.45) is 0 Å². The lowest BCUT2D eigenvalue weighted by Gasteiger charge is -2.15. The van der Waals surface area contributed by atoms with Crippen LogP contribution in [0.3, 0.4) is 0 Å². The fourth-order valence-electron chi connectivity index (χ4n) is 3.52. The topological polar surface area (TPSA) is 29.1 Å². The molecule has 1 amide bonds. The van der Waals surface area contributed by atoms with Gasteiger partial charge in [0.2, 0.25) is 5.91 Å². The minimum Gasteiger partial charge on any atom is -0.326 e. The Morgan fingerprint density at radius 3 is 2.39 bits per heavy atom. The fraction of sp³-hybridized carbons (Fsp3) is 0.125. The number of nitrogens with one attached hydrogen (secondary N) is 1. The Kier molecular flexibility index (Phi) is 5.52. The minimum absolute atomic E-state index is 0.136. The summed E-state index contributed by atoms with van der Waals surface area (Å²) in [4.78, 5) is 12.4. The van der Waals surface area contributed by atoms with Gasteiger partial charge < -0.3 is 5.32 Å². The Morgan fingerprint density at radius 2 is 1.64 bits per heavy atom. The van der Waals surface area contributed by atoms with Crippen molar-refractivity contribution < 1.29 is 4.79 Å². The molecule has 0 heterocycles. The average molecular weight is 408 g/mol. The molecule has 140 valence electrons. The number of benzene rings is 3. The summed E-state index contributed by atoms with van der Waals surface area (Å²) in [7, 11) is 0. The van der Waals surface area contributed by atoms with E-state index in [0.29, 0.717) is 15.6 Å². The second-order valence-electron chi connectivity index (χ2n) is 6.82. The van der Waals surface area contributed by atoms with Crippen molar-refractivity contribution in [1.29, 1.82) is 0 Å². The van der Waals surface area contributed by atoms with Crippen molar-refractivity contribution in [1.82, 2.24) is 0 Å². The first-order valence-electron chi connectivity index (χ1n) is 9.23. The average Bonchev–Trinajstić information content (AvgIpc) is 2.71. The lowest BCUT2D eigenvalue weighted by molar-refractivity contribution is -0.115. The number of aryl methyl sites for hydroxylation is 1. The summed E-state index contributed by atoms with van der Waals surface area (Å²) in [5.74, 6) is -0.150. The largest absolute Gasteiger partial charge is 0.326 e. The highest BCUT2D eigenvalue weighted by Gasteiger charge is 2.12. The molecule has 3 aromatic carbocycles. The predicted molar refractivity (Wildman–Crippen MR) is 118 cm³/mol. The van der Waals surface area contributed by atoms with Gasteiger partial charge in [-0.2, -0.15) is 0 Å². The summed E-state index contributed by atoms with van der Waals surface area (Å²) in [6, 6.07) is 19.6. The van der Waals surface area contributed by atoms with Crippen LogP contribution in [0, 0.1) is 0 Å². The molecule has 0 spiro atoms. The van der Waals surface area contributed by atoms with Gasteiger partial charge in [0.05, 0.1) is 6.42 Å². The Labute approximate surface area is 174 Å². The number of hydrogen-bond donors (Lipinski definition) is 1. The number of fused-ring (bicyclic) bond motifs is 1. The maximum atomic E-state index is 12.4. The van der Waals surface area contributed by atoms with Crippen LogP contribution in [0.2, 0.25) is 10.0 Å². The summed E-state index contributed by atoms with van der Waals surface area (Å²) in [6.07, 6.45) is 6.74. The van der Waals surface area contributed by atoms with Crippen LogP contribution in [0.25, 0.3) is 17.2 Å². The molecule has 3 aromatic rings. The highest BCUT2D eigenvalue weighted by atomic mass is 35.5. The van der Waals surface area contributed by atoms with Crippen LogP contribution in [-0.2, 0) is 17.6 Å². The van der Waals surface area contributed by atoms with Gasteiger partial charge in [0.15, 0.2) is 0 Å². The van der Waals surface area contributed by atoms with Crippen LogP contribution in [0.4, 0.5) is 5.69 Å². The van der Waals surface area contributed by atoms with E-state index in [1.807, 2.05) is 24.3 Å². The summed E-state index contributed by atoms with van der Waals surface area (Å²) in [6.45, 7) is 0. The summed E-state index contributed by atoms with van der Waals surface area (Å²) >= 11 is 12.3. The summed E-state index contributed by atoms with van der Waals surface area (Å²) in [5, 5.41) is 3.92. The number of rotatable bonds is 4. The molecule has 0 unspecified atom stereocenters. The Hall–Kier alpha value is -2.55. The van der Waals surface area contributed by atoms with Gasteiger partial charge in [0.25, 0.3) is 0 Å². The van der Waals surface area contributed by atoms with E-state index >= 15 is 0 Å². The molecule has 0 atom stereocenters. The maximum absolute atomic E-state index is 12.4. The van der Waals surface area contributed by atoms with Crippen LogP contribution >= 0.6 is 23.2 Å². The third kappa shape index (κ3) is 3.99. The smallest absolute Gasteiger partial charge is 0.228 e. The molecule has 0 bridgehead atoms. The predicted octanol–water partition coefficient (Wildman–Crippen LogP) is 6.80. The molecular weight excluding hydrogens is 389 g/mol. The van der Waals surface area contributed by atoms with Crippen LogP contribution in [0.5, 0.6) is 0 Å². The van der Waals surface area contributed by atoms with Crippen molar-refractivity contribution >= 4 is 40.9 Å². The first-order chi connectivity index (χ1) is 13.6. The minimum atomic E-state index is -0.150. The molecule has 4 rings (SSSR count). The molecule has 1 N–H and O–H groups in total. The van der Waals surface area contributed by atoms with E-state index in [2.05, 4.69) is 35.7 Å². The van der Waals surface area contributed by atoms with Crippen molar-refractivity contribution in [3.8, 4) is 11.1 Å². The molecule has 0 aromatic heterocycles. The van der Waals surface area contributed by atoms with Crippen molar-refractivity contribution in [2.45, 2.75) is 19.3 Å². The van der Waals surface area contributed by atoms with Gasteiger partial charge in [-0.3, -0.25) is 4.79 Å². The number of halogens is 2. The molecule has 0 radical (unpaired) electrons. The van der Waals surface area contributed by atoms with E-state index in [-0.39, 0.29) is 12.3 Å². The number of amides is 1. The highest BCUT2D eigenvalue weighted by Crippen LogP contribution is 2.31. The van der Waals surface area contributed by atoms with Crippen molar-refractivity contribution in [3.63, 3.8) is 0 Å². The molecule has 28 heavy (non-hydrogen) atoms. The van der Waals surface area contributed by atoms with Gasteiger partial charge in [0.1, 0.15) is 0 Å². The molecular formula is C24H19Cl2NO. The number of carbonyl (C=O) groups excluding carboxylic acids is 1. The van der Waals surface area contributed by atoms with Crippen molar-refractivity contribution in [3.05, 3.63) is 93.5 Å². The molecule has 2 nitrogen and oxygen atoms in total. The molecule has 0 fully saturated rings. The van der Waals surface area contributed by atoms with Crippen molar-refractivity contribution in [2.75, 3.05) is 5.32 Å². The summed E-state index contributed by atoms with van der Waals surface area (Å²) in [5.41, 5.74) is 6.41. The summed E-state index contributed by atoms with van der Waals surface area (Å²) < 4.78 is 0. The molecule has 1 aliphatic carbocycles. The zero-order valence-corrected chi connectivity index (χ0v) is 16.7. The Balaban J connectivity index is 1.50. The maximum Gasteiger partial charge on any atom is 0.228 e. The van der Waals surface area contributed by atoms with Crippen LogP contribution in [0.1, 0.15) is 23.1 Å². The number of allylic oxidation sites excluding steroid dienone is 1. The monoisotopic (exact) mass is 407 g/mol. The van der Waals surface area contributed by atoms with Gasteiger partial charge in [0, 0.05) is 15.7 Å². The van der Waals surface area contributed by atoms with Gasteiger partial charge in [-0.05, 0) is 64.9 Å². The molecule has 0 aliphatic heterocycles. The number of carbonyl (C=O) groups is 1. The third-order valence-corrected chi connectivity index (χ3v) is 5.65. The highest BCUT2D eigenvalue weighted by molar-refractivity contribution is 6.36. The second-order valence-corrected chi connectivity index (χ2v) is 7.64. The fourth-order valence-corrected chi connectivity index (χ4v) is 4.05.